The molecule has 25 heavy (non-hydrogen) atoms. The smallest absolute Gasteiger partial charge is 0.255 e. The zero-order valence-corrected chi connectivity index (χ0v) is 15.2. The highest BCUT2D eigenvalue weighted by Gasteiger charge is 2.25. The van der Waals surface area contributed by atoms with Gasteiger partial charge < -0.3 is 9.80 Å². The molecule has 1 fully saturated rings. The molecule has 0 bridgehead atoms. The molecule has 0 saturated carbocycles. The van der Waals surface area contributed by atoms with Gasteiger partial charge in [0.25, 0.3) is 5.91 Å². The van der Waals surface area contributed by atoms with Crippen molar-refractivity contribution in [3.8, 4) is 0 Å². The summed E-state index contributed by atoms with van der Waals surface area (Å²) in [6.07, 6.45) is 6.31. The van der Waals surface area contributed by atoms with Crippen LogP contribution in [-0.2, 0) is 6.42 Å². The number of nitrogens with zero attached hydrogens (tertiary/aromatic N) is 4. The number of rotatable bonds is 3. The summed E-state index contributed by atoms with van der Waals surface area (Å²) in [7, 11) is 0. The largest absolute Gasteiger partial charge is 0.353 e. The lowest BCUT2D eigenvalue weighted by atomic mass is 10.1. The number of carbonyl (C=O) groups is 1. The molecule has 0 unspecified atom stereocenters. The maximum atomic E-state index is 12.8. The molecule has 0 aromatic carbocycles. The van der Waals surface area contributed by atoms with Crippen LogP contribution >= 0.6 is 0 Å². The van der Waals surface area contributed by atoms with Gasteiger partial charge in [-0.3, -0.25) is 9.78 Å². The maximum absolute atomic E-state index is 12.8. The van der Waals surface area contributed by atoms with Gasteiger partial charge in [0, 0.05) is 44.8 Å². The normalized spacial score (nSPS) is 14.7. The Labute approximate surface area is 149 Å². The van der Waals surface area contributed by atoms with E-state index in [0.29, 0.717) is 18.7 Å². The Balaban J connectivity index is 1.69. The Morgan fingerprint density at radius 1 is 1.12 bits per heavy atom. The van der Waals surface area contributed by atoms with Crippen molar-refractivity contribution in [1.82, 2.24) is 14.9 Å². The van der Waals surface area contributed by atoms with E-state index in [1.54, 1.807) is 12.4 Å². The number of anilines is 1. The van der Waals surface area contributed by atoms with Gasteiger partial charge in [0.2, 0.25) is 0 Å². The van der Waals surface area contributed by atoms with Crippen molar-refractivity contribution in [2.24, 2.45) is 0 Å². The topological polar surface area (TPSA) is 49.3 Å². The number of hydrogen-bond acceptors (Lipinski definition) is 4. The fourth-order valence-electron chi connectivity index (χ4n) is 3.22. The zero-order chi connectivity index (χ0) is 18.0. The van der Waals surface area contributed by atoms with Crippen LogP contribution in [0.25, 0.3) is 0 Å². The van der Waals surface area contributed by atoms with E-state index >= 15 is 0 Å². The molecule has 5 nitrogen and oxygen atoms in total. The van der Waals surface area contributed by atoms with E-state index in [9.17, 15) is 4.79 Å². The van der Waals surface area contributed by atoms with Gasteiger partial charge in [0.15, 0.2) is 0 Å². The SMILES string of the molecule is [CH2]c1c(C)cncc1C(=O)N1CCN(c2ncc(CC)cc2C)CC1. The summed E-state index contributed by atoms with van der Waals surface area (Å²) in [5.41, 5.74) is 4.78. The van der Waals surface area contributed by atoms with Gasteiger partial charge in [-0.1, -0.05) is 13.0 Å². The molecule has 2 aromatic heterocycles. The van der Waals surface area contributed by atoms with Crippen molar-refractivity contribution in [3.63, 3.8) is 0 Å². The Morgan fingerprint density at radius 3 is 2.48 bits per heavy atom. The molecule has 3 rings (SSSR count). The number of aromatic nitrogens is 2. The van der Waals surface area contributed by atoms with Gasteiger partial charge in [0.05, 0.1) is 5.56 Å². The van der Waals surface area contributed by atoms with Gasteiger partial charge in [-0.25, -0.2) is 4.98 Å². The van der Waals surface area contributed by atoms with E-state index in [-0.39, 0.29) is 5.91 Å². The summed E-state index contributed by atoms with van der Waals surface area (Å²) in [6, 6.07) is 2.20. The van der Waals surface area contributed by atoms with Crippen LogP contribution in [0.5, 0.6) is 0 Å². The minimum absolute atomic E-state index is 0.0202. The van der Waals surface area contributed by atoms with E-state index in [4.69, 9.17) is 0 Å². The fraction of sp³-hybridized carbons (Fsp3) is 0.400. The maximum Gasteiger partial charge on any atom is 0.255 e. The number of aryl methyl sites for hydroxylation is 3. The van der Waals surface area contributed by atoms with Gasteiger partial charge in [-0.05, 0) is 49.4 Å². The summed E-state index contributed by atoms with van der Waals surface area (Å²) in [5.74, 6) is 1.05. The average molecular weight is 337 g/mol. The molecule has 0 spiro atoms. The molecule has 0 aliphatic carbocycles. The standard InChI is InChI=1S/C20H25N4O/c1-5-17-10-14(2)19(22-12-17)23-6-8-24(9-7-23)20(25)18-13-21-11-15(3)16(18)4/h10-13H,4-9H2,1-3H3. The van der Waals surface area contributed by atoms with Crippen molar-refractivity contribution in [1.29, 1.82) is 0 Å². The molecular weight excluding hydrogens is 312 g/mol. The summed E-state index contributed by atoms with van der Waals surface area (Å²) in [6.45, 7) is 13.1. The molecule has 1 radical (unpaired) electrons. The second-order valence-corrected chi connectivity index (χ2v) is 6.60. The van der Waals surface area contributed by atoms with Gasteiger partial charge in [-0.15, -0.1) is 0 Å². The first kappa shape index (κ1) is 17.4. The van der Waals surface area contributed by atoms with E-state index in [0.717, 1.165) is 36.5 Å². The molecular formula is C20H25N4O. The Kier molecular flexibility index (Phi) is 5.02. The summed E-state index contributed by atoms with van der Waals surface area (Å²) in [4.78, 5) is 25.7. The van der Waals surface area contributed by atoms with Crippen molar-refractivity contribution in [2.75, 3.05) is 31.1 Å². The quantitative estimate of drug-likeness (QED) is 0.864. The third-order valence-corrected chi connectivity index (χ3v) is 4.89. The van der Waals surface area contributed by atoms with Crippen LogP contribution in [0.1, 0.15) is 39.5 Å². The first-order chi connectivity index (χ1) is 12.0. The van der Waals surface area contributed by atoms with Crippen molar-refractivity contribution >= 4 is 11.7 Å². The molecule has 1 aliphatic heterocycles. The molecule has 1 aliphatic rings. The molecule has 3 heterocycles. The van der Waals surface area contributed by atoms with Crippen LogP contribution in [0, 0.1) is 20.8 Å². The monoisotopic (exact) mass is 337 g/mol. The lowest BCUT2D eigenvalue weighted by Crippen LogP contribution is -2.49. The van der Waals surface area contributed by atoms with Crippen LogP contribution in [0.3, 0.4) is 0 Å². The van der Waals surface area contributed by atoms with Crippen LogP contribution in [0.4, 0.5) is 5.82 Å². The van der Waals surface area contributed by atoms with Gasteiger partial charge in [0.1, 0.15) is 5.82 Å². The highest BCUT2D eigenvalue weighted by Crippen LogP contribution is 2.21. The van der Waals surface area contributed by atoms with Crippen molar-refractivity contribution < 1.29 is 4.79 Å². The number of piperazine rings is 1. The highest BCUT2D eigenvalue weighted by molar-refractivity contribution is 5.96. The van der Waals surface area contributed by atoms with E-state index in [2.05, 4.69) is 41.7 Å². The van der Waals surface area contributed by atoms with Gasteiger partial charge in [-0.2, -0.15) is 0 Å². The lowest BCUT2D eigenvalue weighted by Gasteiger charge is -2.36. The van der Waals surface area contributed by atoms with Gasteiger partial charge >= 0.3 is 0 Å². The fourth-order valence-corrected chi connectivity index (χ4v) is 3.22. The third kappa shape index (κ3) is 3.50. The minimum atomic E-state index is 0.0202. The molecule has 0 atom stereocenters. The molecule has 1 saturated heterocycles. The van der Waals surface area contributed by atoms with Crippen LogP contribution < -0.4 is 4.90 Å². The predicted octanol–water partition coefficient (Wildman–Crippen LogP) is 2.80. The summed E-state index contributed by atoms with van der Waals surface area (Å²) >= 11 is 0. The van der Waals surface area contributed by atoms with Crippen LogP contribution in [-0.4, -0.2) is 47.0 Å². The first-order valence-corrected chi connectivity index (χ1v) is 8.77. The third-order valence-electron chi connectivity index (χ3n) is 4.89. The second-order valence-electron chi connectivity index (χ2n) is 6.60. The van der Waals surface area contributed by atoms with E-state index in [1.165, 1.54) is 11.1 Å². The number of carbonyl (C=O) groups excluding carboxylic acids is 1. The summed E-state index contributed by atoms with van der Waals surface area (Å²) < 4.78 is 0. The minimum Gasteiger partial charge on any atom is -0.353 e. The van der Waals surface area contributed by atoms with E-state index in [1.807, 2.05) is 18.0 Å². The number of amides is 1. The van der Waals surface area contributed by atoms with Crippen molar-refractivity contribution in [3.05, 3.63) is 59.4 Å². The zero-order valence-electron chi connectivity index (χ0n) is 15.2. The van der Waals surface area contributed by atoms with Crippen LogP contribution in [0.2, 0.25) is 0 Å². The Morgan fingerprint density at radius 2 is 1.84 bits per heavy atom. The first-order valence-electron chi connectivity index (χ1n) is 8.77. The lowest BCUT2D eigenvalue weighted by molar-refractivity contribution is 0.0745. The molecule has 1 amide bonds. The second kappa shape index (κ2) is 7.21. The summed E-state index contributed by atoms with van der Waals surface area (Å²) in [5, 5.41) is 0. The van der Waals surface area contributed by atoms with E-state index < -0.39 is 0 Å². The molecule has 2 aromatic rings. The van der Waals surface area contributed by atoms with Crippen LogP contribution in [0.15, 0.2) is 24.7 Å². The average Bonchev–Trinajstić information content (AvgIpc) is 2.63. The molecule has 5 heteroatoms. The highest BCUT2D eigenvalue weighted by atomic mass is 16.2. The predicted molar refractivity (Wildman–Crippen MR) is 99.9 cm³/mol. The Bertz CT molecular complexity index is 779. The molecule has 0 N–H and O–H groups in total. The van der Waals surface area contributed by atoms with Crippen molar-refractivity contribution in [2.45, 2.75) is 27.2 Å². The Hall–Kier alpha value is -2.43. The molecule has 131 valence electrons. The number of pyridine rings is 2. The number of hydrogen-bond donors (Lipinski definition) is 0.